The third-order valence-corrected chi connectivity index (χ3v) is 3.80. The zero-order chi connectivity index (χ0) is 18.9. The summed E-state index contributed by atoms with van der Waals surface area (Å²) in [7, 11) is 3.26. The van der Waals surface area contributed by atoms with Crippen LogP contribution in [0.5, 0.6) is 17.2 Å². The van der Waals surface area contributed by atoms with Crippen molar-refractivity contribution in [3.05, 3.63) is 78.0 Å². The molecule has 0 aliphatic heterocycles. The smallest absolute Gasteiger partial charge is 0.161 e. The zero-order valence-electron chi connectivity index (χ0n) is 15.3. The Kier molecular flexibility index (Phi) is 6.25. The lowest BCUT2D eigenvalue weighted by Crippen LogP contribution is -1.99. The lowest BCUT2D eigenvalue weighted by molar-refractivity contribution is 0.284. The van der Waals surface area contributed by atoms with E-state index in [-0.39, 0.29) is 0 Å². The molecule has 0 bridgehead atoms. The first-order valence-corrected chi connectivity index (χ1v) is 8.42. The van der Waals surface area contributed by atoms with Gasteiger partial charge in [0, 0.05) is 6.20 Å². The number of hydrogen-bond acceptors (Lipinski definition) is 6. The number of nitrogens with zero attached hydrogens (tertiary/aromatic N) is 2. The van der Waals surface area contributed by atoms with Crippen LogP contribution in [-0.2, 0) is 6.61 Å². The molecule has 0 aliphatic carbocycles. The molecule has 1 heterocycles. The number of hydrogen-bond donors (Lipinski definition) is 1. The maximum Gasteiger partial charge on any atom is 0.161 e. The van der Waals surface area contributed by atoms with Crippen LogP contribution >= 0.6 is 0 Å². The highest BCUT2D eigenvalue weighted by atomic mass is 16.5. The van der Waals surface area contributed by atoms with E-state index >= 15 is 0 Å². The average Bonchev–Trinajstić information content (AvgIpc) is 2.73. The van der Waals surface area contributed by atoms with Crippen LogP contribution in [0.25, 0.3) is 0 Å². The summed E-state index contributed by atoms with van der Waals surface area (Å²) in [6, 6.07) is 19.0. The van der Waals surface area contributed by atoms with Crippen LogP contribution in [-0.4, -0.2) is 25.4 Å². The number of nitrogens with one attached hydrogen (secondary N) is 1. The molecule has 0 fully saturated rings. The zero-order valence-corrected chi connectivity index (χ0v) is 15.3. The van der Waals surface area contributed by atoms with Crippen LogP contribution < -0.4 is 19.6 Å². The Morgan fingerprint density at radius 2 is 1.81 bits per heavy atom. The molecule has 27 heavy (non-hydrogen) atoms. The van der Waals surface area contributed by atoms with E-state index in [1.165, 1.54) is 0 Å². The van der Waals surface area contributed by atoms with Crippen molar-refractivity contribution in [1.29, 1.82) is 0 Å². The van der Waals surface area contributed by atoms with E-state index in [0.29, 0.717) is 23.9 Å². The number of ether oxygens (including phenoxy) is 3. The van der Waals surface area contributed by atoms with Gasteiger partial charge in [-0.2, -0.15) is 5.10 Å². The first kappa shape index (κ1) is 18.3. The first-order valence-electron chi connectivity index (χ1n) is 8.42. The van der Waals surface area contributed by atoms with E-state index < -0.39 is 0 Å². The normalized spacial score (nSPS) is 10.6. The van der Waals surface area contributed by atoms with Crippen molar-refractivity contribution in [2.75, 3.05) is 19.6 Å². The molecule has 3 rings (SSSR count). The Morgan fingerprint density at radius 1 is 0.963 bits per heavy atom. The molecule has 3 aromatic rings. The lowest BCUT2D eigenvalue weighted by atomic mass is 10.2. The monoisotopic (exact) mass is 363 g/mol. The van der Waals surface area contributed by atoms with E-state index in [1.807, 2.05) is 60.7 Å². The Morgan fingerprint density at radius 3 is 2.52 bits per heavy atom. The summed E-state index contributed by atoms with van der Waals surface area (Å²) in [6.45, 7) is 0.440. The Labute approximate surface area is 158 Å². The van der Waals surface area contributed by atoms with Gasteiger partial charge in [0.25, 0.3) is 0 Å². The minimum Gasteiger partial charge on any atom is -0.497 e. The van der Waals surface area contributed by atoms with E-state index in [0.717, 1.165) is 16.9 Å². The minimum atomic E-state index is 0.440. The van der Waals surface area contributed by atoms with E-state index in [9.17, 15) is 0 Å². The third-order valence-electron chi connectivity index (χ3n) is 3.80. The number of methoxy groups -OCH3 is 2. The number of aromatic nitrogens is 1. The van der Waals surface area contributed by atoms with Crippen LogP contribution in [0.15, 0.2) is 72.0 Å². The van der Waals surface area contributed by atoms with Gasteiger partial charge in [0.2, 0.25) is 0 Å². The summed E-state index contributed by atoms with van der Waals surface area (Å²) >= 11 is 0. The van der Waals surface area contributed by atoms with Crippen LogP contribution in [0.2, 0.25) is 0 Å². The van der Waals surface area contributed by atoms with Crippen molar-refractivity contribution in [1.82, 2.24) is 4.98 Å². The molecular formula is C21H21N3O3. The predicted molar refractivity (Wildman–Crippen MR) is 106 cm³/mol. The van der Waals surface area contributed by atoms with Gasteiger partial charge < -0.3 is 14.2 Å². The van der Waals surface area contributed by atoms with Gasteiger partial charge in [0.05, 0.1) is 20.4 Å². The number of anilines is 1. The van der Waals surface area contributed by atoms with Crippen molar-refractivity contribution in [2.24, 2.45) is 5.10 Å². The highest BCUT2D eigenvalue weighted by Gasteiger charge is 2.06. The van der Waals surface area contributed by atoms with E-state index in [4.69, 9.17) is 14.2 Å². The summed E-state index contributed by atoms with van der Waals surface area (Å²) in [6.07, 6.45) is 3.40. The summed E-state index contributed by atoms with van der Waals surface area (Å²) in [5.74, 6) is 2.81. The number of pyridine rings is 1. The third kappa shape index (κ3) is 5.22. The maximum absolute atomic E-state index is 5.88. The molecule has 6 nitrogen and oxygen atoms in total. The SMILES string of the molecule is COc1ccc(COc2ccc(C=NNc3ccccn3)cc2OC)cc1. The molecule has 1 aromatic heterocycles. The van der Waals surface area contributed by atoms with Gasteiger partial charge in [-0.1, -0.05) is 18.2 Å². The van der Waals surface area contributed by atoms with Crippen molar-refractivity contribution in [3.8, 4) is 17.2 Å². The van der Waals surface area contributed by atoms with Gasteiger partial charge in [-0.05, 0) is 53.6 Å². The fourth-order valence-electron chi connectivity index (χ4n) is 2.37. The highest BCUT2D eigenvalue weighted by molar-refractivity contribution is 5.81. The van der Waals surface area contributed by atoms with Gasteiger partial charge >= 0.3 is 0 Å². The Hall–Kier alpha value is -3.54. The molecule has 0 unspecified atom stereocenters. The first-order chi connectivity index (χ1) is 13.3. The predicted octanol–water partition coefficient (Wildman–Crippen LogP) is 4.12. The highest BCUT2D eigenvalue weighted by Crippen LogP contribution is 2.28. The standard InChI is InChI=1S/C21H21N3O3/c1-25-18-9-6-16(7-10-18)15-27-19-11-8-17(13-20(19)26-2)14-23-24-21-5-3-4-12-22-21/h3-14H,15H2,1-2H3,(H,22,24). The van der Waals surface area contributed by atoms with Crippen LogP contribution in [0.4, 0.5) is 5.82 Å². The van der Waals surface area contributed by atoms with Gasteiger partial charge in [0.1, 0.15) is 18.2 Å². The van der Waals surface area contributed by atoms with E-state index in [2.05, 4.69) is 15.5 Å². The maximum atomic E-state index is 5.88. The molecule has 138 valence electrons. The van der Waals surface area contributed by atoms with Crippen LogP contribution in [0, 0.1) is 0 Å². The second kappa shape index (κ2) is 9.24. The molecule has 0 radical (unpaired) electrons. The number of hydrazone groups is 1. The molecular weight excluding hydrogens is 342 g/mol. The number of rotatable bonds is 8. The quantitative estimate of drug-likeness (QED) is 0.482. The molecule has 0 spiro atoms. The molecule has 6 heteroatoms. The van der Waals surface area contributed by atoms with Crippen molar-refractivity contribution in [3.63, 3.8) is 0 Å². The van der Waals surface area contributed by atoms with Gasteiger partial charge in [-0.25, -0.2) is 4.98 Å². The molecule has 0 saturated heterocycles. The summed E-state index contributed by atoms with van der Waals surface area (Å²) in [5.41, 5.74) is 4.80. The largest absolute Gasteiger partial charge is 0.497 e. The fraction of sp³-hybridized carbons (Fsp3) is 0.143. The van der Waals surface area contributed by atoms with Crippen LogP contribution in [0.3, 0.4) is 0 Å². The van der Waals surface area contributed by atoms with Crippen molar-refractivity contribution >= 4 is 12.0 Å². The minimum absolute atomic E-state index is 0.440. The second-order valence-electron chi connectivity index (χ2n) is 5.63. The van der Waals surface area contributed by atoms with Crippen LogP contribution in [0.1, 0.15) is 11.1 Å². The molecule has 2 aromatic carbocycles. The van der Waals surface area contributed by atoms with Gasteiger partial charge in [-0.15, -0.1) is 0 Å². The molecule has 0 amide bonds. The topological polar surface area (TPSA) is 65.0 Å². The Bertz CT molecular complexity index is 881. The average molecular weight is 363 g/mol. The molecule has 0 saturated carbocycles. The van der Waals surface area contributed by atoms with Crippen molar-refractivity contribution in [2.45, 2.75) is 6.61 Å². The Balaban J connectivity index is 1.62. The number of benzene rings is 2. The second-order valence-corrected chi connectivity index (χ2v) is 5.63. The van der Waals surface area contributed by atoms with E-state index in [1.54, 1.807) is 26.6 Å². The molecule has 0 aliphatic rings. The lowest BCUT2D eigenvalue weighted by Gasteiger charge is -2.11. The van der Waals surface area contributed by atoms with Crippen molar-refractivity contribution < 1.29 is 14.2 Å². The van der Waals surface area contributed by atoms with Gasteiger partial charge in [-0.3, -0.25) is 5.43 Å². The molecule has 1 N–H and O–H groups in total. The fourth-order valence-corrected chi connectivity index (χ4v) is 2.37. The van der Waals surface area contributed by atoms with Gasteiger partial charge in [0.15, 0.2) is 11.5 Å². The summed E-state index contributed by atoms with van der Waals surface area (Å²) < 4.78 is 16.5. The summed E-state index contributed by atoms with van der Waals surface area (Å²) in [5, 5.41) is 4.18. The summed E-state index contributed by atoms with van der Waals surface area (Å²) in [4.78, 5) is 4.14. The molecule has 0 atom stereocenters.